The van der Waals surface area contributed by atoms with Crippen molar-refractivity contribution in [3.05, 3.63) is 57.4 Å². The van der Waals surface area contributed by atoms with Gasteiger partial charge in [0, 0.05) is 19.2 Å². The number of anilines is 1. The number of benzene rings is 2. The number of nitrogens with zero attached hydrogens (tertiary/aromatic N) is 3. The quantitative estimate of drug-likeness (QED) is 0.752. The molecule has 4 rings (SSSR count). The second-order valence-electron chi connectivity index (χ2n) is 6.68. The van der Waals surface area contributed by atoms with E-state index in [-0.39, 0.29) is 5.56 Å². The Morgan fingerprint density at radius 3 is 2.79 bits per heavy atom. The first-order chi connectivity index (χ1) is 13.6. The van der Waals surface area contributed by atoms with Crippen LogP contribution in [0.15, 0.2) is 35.1 Å². The Bertz CT molecular complexity index is 1150. The molecule has 1 N–H and O–H groups in total. The highest BCUT2D eigenvalue weighted by Gasteiger charge is 2.21. The van der Waals surface area contributed by atoms with Gasteiger partial charge in [-0.25, -0.2) is 4.98 Å². The molecule has 7 heteroatoms. The van der Waals surface area contributed by atoms with Gasteiger partial charge >= 0.3 is 0 Å². The van der Waals surface area contributed by atoms with E-state index in [0.717, 1.165) is 24.1 Å². The number of hydrogen-bond donors (Lipinski definition) is 1. The van der Waals surface area contributed by atoms with Crippen molar-refractivity contribution in [2.24, 2.45) is 0 Å². The molecule has 0 aliphatic carbocycles. The number of rotatable bonds is 4. The molecule has 0 saturated carbocycles. The summed E-state index contributed by atoms with van der Waals surface area (Å²) in [4.78, 5) is 22.2. The minimum Gasteiger partial charge on any atom is -0.493 e. The first kappa shape index (κ1) is 17.9. The lowest BCUT2D eigenvalue weighted by Crippen LogP contribution is -2.33. The average molecular weight is 376 g/mol. The molecule has 0 saturated heterocycles. The first-order valence-corrected chi connectivity index (χ1v) is 9.02. The number of nitrogens with one attached hydrogen (secondary N) is 1. The van der Waals surface area contributed by atoms with Gasteiger partial charge in [-0.1, -0.05) is 18.2 Å². The molecule has 1 aromatic heterocycles. The van der Waals surface area contributed by atoms with Crippen molar-refractivity contribution in [2.75, 3.05) is 25.7 Å². The molecule has 0 fully saturated rings. The zero-order valence-corrected chi connectivity index (χ0v) is 15.8. The summed E-state index contributed by atoms with van der Waals surface area (Å²) in [5.74, 6) is 1.55. The van der Waals surface area contributed by atoms with E-state index in [0.29, 0.717) is 41.3 Å². The number of fused-ring (bicyclic) bond motifs is 2. The lowest BCUT2D eigenvalue weighted by atomic mass is 9.93. The second kappa shape index (κ2) is 7.24. The van der Waals surface area contributed by atoms with Crippen molar-refractivity contribution in [2.45, 2.75) is 19.4 Å². The summed E-state index contributed by atoms with van der Waals surface area (Å²) < 4.78 is 10.6. The zero-order chi connectivity index (χ0) is 19.7. The Kier molecular flexibility index (Phi) is 4.62. The number of hydrogen-bond acceptors (Lipinski definition) is 6. The number of H-pyrrole nitrogens is 1. The standard InChI is InChI=1S/C21H20N4O3/c1-27-18-10-16-17(11-19(18)28-2)23-21(24-20(16)26)25-9-7-15-13(6-8-22)4-3-5-14(15)12-25/h3-5,10-11H,6-7,9,12H2,1-2H3,(H,23,24,26). The van der Waals surface area contributed by atoms with Crippen LogP contribution in [0.25, 0.3) is 10.9 Å². The molecule has 1 aliphatic heterocycles. The van der Waals surface area contributed by atoms with Crippen molar-refractivity contribution < 1.29 is 9.47 Å². The van der Waals surface area contributed by atoms with Gasteiger partial charge in [0.05, 0.1) is 37.6 Å². The van der Waals surface area contributed by atoms with Crippen molar-refractivity contribution in [3.8, 4) is 17.6 Å². The number of methoxy groups -OCH3 is 2. The van der Waals surface area contributed by atoms with E-state index < -0.39 is 0 Å². The number of ether oxygens (including phenoxy) is 2. The van der Waals surface area contributed by atoms with E-state index in [1.807, 2.05) is 12.1 Å². The molecule has 142 valence electrons. The molecule has 1 aliphatic rings. The fourth-order valence-corrected chi connectivity index (χ4v) is 3.72. The molecule has 0 atom stereocenters. The Hall–Kier alpha value is -3.53. The minimum atomic E-state index is -0.218. The molecular formula is C21H20N4O3. The minimum absolute atomic E-state index is 0.218. The van der Waals surface area contributed by atoms with Crippen LogP contribution in [0, 0.1) is 11.3 Å². The summed E-state index contributed by atoms with van der Waals surface area (Å²) in [7, 11) is 3.09. The summed E-state index contributed by atoms with van der Waals surface area (Å²) in [6, 6.07) is 11.6. The predicted octanol–water partition coefficient (Wildman–Crippen LogP) is 2.57. The lowest BCUT2D eigenvalue weighted by Gasteiger charge is -2.30. The molecule has 0 radical (unpaired) electrons. The van der Waals surface area contributed by atoms with E-state index in [9.17, 15) is 4.79 Å². The van der Waals surface area contributed by atoms with Crippen LogP contribution < -0.4 is 19.9 Å². The highest BCUT2D eigenvalue weighted by molar-refractivity contribution is 5.82. The molecule has 0 amide bonds. The van der Waals surface area contributed by atoms with Gasteiger partial charge in [0.15, 0.2) is 11.5 Å². The molecule has 2 heterocycles. The maximum atomic E-state index is 12.6. The maximum Gasteiger partial charge on any atom is 0.260 e. The monoisotopic (exact) mass is 376 g/mol. The van der Waals surface area contributed by atoms with Crippen LogP contribution in [0.2, 0.25) is 0 Å². The van der Waals surface area contributed by atoms with Crippen LogP contribution in [0.5, 0.6) is 11.5 Å². The molecule has 0 bridgehead atoms. The third-order valence-electron chi connectivity index (χ3n) is 5.13. The SMILES string of the molecule is COc1cc2nc(N3CCc4c(CC#N)cccc4C3)[nH]c(=O)c2cc1OC. The summed E-state index contributed by atoms with van der Waals surface area (Å²) in [6.07, 6.45) is 1.22. The fourth-order valence-electron chi connectivity index (χ4n) is 3.72. The molecule has 28 heavy (non-hydrogen) atoms. The van der Waals surface area contributed by atoms with Crippen LogP contribution >= 0.6 is 0 Å². The third kappa shape index (κ3) is 3.03. The smallest absolute Gasteiger partial charge is 0.260 e. The maximum absolute atomic E-state index is 12.6. The zero-order valence-electron chi connectivity index (χ0n) is 15.8. The largest absolute Gasteiger partial charge is 0.493 e. The summed E-state index contributed by atoms with van der Waals surface area (Å²) >= 11 is 0. The lowest BCUT2D eigenvalue weighted by molar-refractivity contribution is 0.355. The Morgan fingerprint density at radius 2 is 2.04 bits per heavy atom. The third-order valence-corrected chi connectivity index (χ3v) is 5.13. The number of nitriles is 1. The summed E-state index contributed by atoms with van der Waals surface area (Å²) in [5, 5.41) is 9.49. The van der Waals surface area contributed by atoms with Gasteiger partial charge in [-0.05, 0) is 29.2 Å². The normalized spacial score (nSPS) is 13.1. The first-order valence-electron chi connectivity index (χ1n) is 9.02. The van der Waals surface area contributed by atoms with Crippen LogP contribution in [0.1, 0.15) is 16.7 Å². The van der Waals surface area contributed by atoms with Gasteiger partial charge < -0.3 is 14.4 Å². The summed E-state index contributed by atoms with van der Waals surface area (Å²) in [6.45, 7) is 1.35. The fraction of sp³-hybridized carbons (Fsp3) is 0.286. The van der Waals surface area contributed by atoms with Gasteiger partial charge in [-0.3, -0.25) is 9.78 Å². The molecular weight excluding hydrogens is 356 g/mol. The molecule has 7 nitrogen and oxygen atoms in total. The van der Waals surface area contributed by atoms with Crippen molar-refractivity contribution in [1.29, 1.82) is 5.26 Å². The summed E-state index contributed by atoms with van der Waals surface area (Å²) in [5.41, 5.74) is 3.81. The topological polar surface area (TPSA) is 91.2 Å². The number of aromatic nitrogens is 2. The van der Waals surface area contributed by atoms with E-state index >= 15 is 0 Å². The molecule has 2 aromatic carbocycles. The van der Waals surface area contributed by atoms with E-state index in [1.54, 1.807) is 19.2 Å². The van der Waals surface area contributed by atoms with Crippen molar-refractivity contribution >= 4 is 16.9 Å². The van der Waals surface area contributed by atoms with E-state index in [1.165, 1.54) is 12.7 Å². The van der Waals surface area contributed by atoms with Crippen LogP contribution in [-0.4, -0.2) is 30.7 Å². The van der Waals surface area contributed by atoms with Gasteiger partial charge in [-0.15, -0.1) is 0 Å². The molecule has 0 spiro atoms. The number of aromatic amines is 1. The molecule has 3 aromatic rings. The highest BCUT2D eigenvalue weighted by atomic mass is 16.5. The van der Waals surface area contributed by atoms with Gasteiger partial charge in [0.25, 0.3) is 5.56 Å². The van der Waals surface area contributed by atoms with Crippen LogP contribution in [0.4, 0.5) is 5.95 Å². The van der Waals surface area contributed by atoms with E-state index in [4.69, 9.17) is 14.7 Å². The Labute approximate surface area is 162 Å². The Morgan fingerprint density at radius 1 is 1.25 bits per heavy atom. The van der Waals surface area contributed by atoms with Crippen molar-refractivity contribution in [3.63, 3.8) is 0 Å². The van der Waals surface area contributed by atoms with Gasteiger partial charge in [0.2, 0.25) is 5.95 Å². The van der Waals surface area contributed by atoms with Crippen LogP contribution in [-0.2, 0) is 19.4 Å². The van der Waals surface area contributed by atoms with E-state index in [2.05, 4.69) is 27.0 Å². The Balaban J connectivity index is 1.73. The van der Waals surface area contributed by atoms with Crippen molar-refractivity contribution in [1.82, 2.24) is 9.97 Å². The predicted molar refractivity (Wildman–Crippen MR) is 106 cm³/mol. The van der Waals surface area contributed by atoms with Crippen LogP contribution in [0.3, 0.4) is 0 Å². The van der Waals surface area contributed by atoms with Gasteiger partial charge in [0.1, 0.15) is 0 Å². The average Bonchev–Trinajstić information content (AvgIpc) is 2.72. The second-order valence-corrected chi connectivity index (χ2v) is 6.68. The molecule has 0 unspecified atom stereocenters. The van der Waals surface area contributed by atoms with Gasteiger partial charge in [-0.2, -0.15) is 5.26 Å². The highest BCUT2D eigenvalue weighted by Crippen LogP contribution is 2.31.